The molecule has 80 valence electrons. The van der Waals surface area contributed by atoms with E-state index in [1.165, 1.54) is 12.1 Å². The number of rotatable bonds is 2. The highest BCUT2D eigenvalue weighted by molar-refractivity contribution is 5.82. The summed E-state index contributed by atoms with van der Waals surface area (Å²) < 4.78 is 14.9. The molecule has 1 aromatic carbocycles. The van der Waals surface area contributed by atoms with Gasteiger partial charge < -0.3 is 5.32 Å². The fourth-order valence-electron chi connectivity index (χ4n) is 1.72. The van der Waals surface area contributed by atoms with E-state index in [0.29, 0.717) is 0 Å². The lowest BCUT2D eigenvalue weighted by Crippen LogP contribution is -2.13. The maximum atomic E-state index is 13.1. The topological polar surface area (TPSA) is 29.9 Å². The minimum absolute atomic E-state index is 0.121. The van der Waals surface area contributed by atoms with Crippen LogP contribution in [0, 0.1) is 5.82 Å². The van der Waals surface area contributed by atoms with Crippen molar-refractivity contribution in [3.05, 3.63) is 29.7 Å². The largest absolute Gasteiger partial charge is 0.312 e. The van der Waals surface area contributed by atoms with Crippen LogP contribution in [0.3, 0.4) is 0 Å². The highest BCUT2D eigenvalue weighted by Crippen LogP contribution is 2.23. The summed E-state index contributed by atoms with van der Waals surface area (Å²) in [6.07, 6.45) is 0. The molecule has 0 amide bonds. The van der Waals surface area contributed by atoms with Crippen LogP contribution in [0.5, 0.6) is 0 Å². The molecule has 1 N–H and O–H groups in total. The molecule has 2 aromatic rings. The predicted octanol–water partition coefficient (Wildman–Crippen LogP) is 1.99. The molecule has 0 aliphatic carbocycles. The predicted molar refractivity (Wildman–Crippen MR) is 58.1 cm³/mol. The summed E-state index contributed by atoms with van der Waals surface area (Å²) in [6, 6.07) is 4.86. The van der Waals surface area contributed by atoms with Crippen LogP contribution in [0.4, 0.5) is 4.39 Å². The van der Waals surface area contributed by atoms with Gasteiger partial charge in [0.1, 0.15) is 5.82 Å². The third-order valence-corrected chi connectivity index (χ3v) is 2.68. The Kier molecular flexibility index (Phi) is 2.44. The monoisotopic (exact) mass is 207 g/mol. The Hall–Kier alpha value is -1.42. The molecule has 0 radical (unpaired) electrons. The van der Waals surface area contributed by atoms with Gasteiger partial charge >= 0.3 is 0 Å². The molecule has 1 heterocycles. The van der Waals surface area contributed by atoms with E-state index in [9.17, 15) is 4.39 Å². The van der Waals surface area contributed by atoms with Gasteiger partial charge in [0.15, 0.2) is 0 Å². The van der Waals surface area contributed by atoms with Crippen molar-refractivity contribution in [1.29, 1.82) is 0 Å². The van der Waals surface area contributed by atoms with Crippen LogP contribution in [-0.4, -0.2) is 16.8 Å². The van der Waals surface area contributed by atoms with Crippen LogP contribution in [0.15, 0.2) is 18.2 Å². The first kappa shape index (κ1) is 10.1. The maximum Gasteiger partial charge on any atom is 0.124 e. The van der Waals surface area contributed by atoms with Crippen molar-refractivity contribution in [1.82, 2.24) is 15.1 Å². The van der Waals surface area contributed by atoms with E-state index in [1.54, 1.807) is 10.7 Å². The quantitative estimate of drug-likeness (QED) is 0.816. The van der Waals surface area contributed by atoms with Gasteiger partial charge in [0, 0.05) is 18.5 Å². The molecule has 0 aliphatic heterocycles. The third-order valence-electron chi connectivity index (χ3n) is 2.68. The van der Waals surface area contributed by atoms with Crippen LogP contribution >= 0.6 is 0 Å². The normalized spacial score (nSPS) is 13.3. The fraction of sp³-hybridized carbons (Fsp3) is 0.364. The van der Waals surface area contributed by atoms with E-state index in [2.05, 4.69) is 10.4 Å². The molecule has 1 aromatic heterocycles. The molecule has 3 nitrogen and oxygen atoms in total. The summed E-state index contributed by atoms with van der Waals surface area (Å²) >= 11 is 0. The van der Waals surface area contributed by atoms with Gasteiger partial charge in [-0.3, -0.25) is 4.68 Å². The molecule has 1 atom stereocenters. The summed E-state index contributed by atoms with van der Waals surface area (Å²) in [7, 11) is 3.73. The second kappa shape index (κ2) is 3.62. The lowest BCUT2D eigenvalue weighted by molar-refractivity contribution is 0.615. The summed E-state index contributed by atoms with van der Waals surface area (Å²) in [6.45, 7) is 2.01. The summed E-state index contributed by atoms with van der Waals surface area (Å²) in [5.41, 5.74) is 1.84. The fourth-order valence-corrected chi connectivity index (χ4v) is 1.72. The van der Waals surface area contributed by atoms with Crippen molar-refractivity contribution >= 4 is 10.9 Å². The van der Waals surface area contributed by atoms with Crippen LogP contribution < -0.4 is 5.32 Å². The zero-order valence-corrected chi connectivity index (χ0v) is 9.08. The second-order valence-electron chi connectivity index (χ2n) is 3.68. The number of nitrogens with zero attached hydrogens (tertiary/aromatic N) is 2. The summed E-state index contributed by atoms with van der Waals surface area (Å²) in [5, 5.41) is 8.37. The Balaban J connectivity index is 2.69. The molecular weight excluding hydrogens is 193 g/mol. The van der Waals surface area contributed by atoms with Crippen LogP contribution in [0.25, 0.3) is 10.9 Å². The molecule has 0 fully saturated rings. The Labute approximate surface area is 87.9 Å². The van der Waals surface area contributed by atoms with Crippen LogP contribution in [0.2, 0.25) is 0 Å². The Morgan fingerprint density at radius 3 is 2.87 bits per heavy atom. The number of fused-ring (bicyclic) bond motifs is 1. The SMILES string of the molecule is CNC(C)c1nn(C)c2ccc(F)cc12. The minimum Gasteiger partial charge on any atom is -0.312 e. The van der Waals surface area contributed by atoms with Crippen molar-refractivity contribution in [2.45, 2.75) is 13.0 Å². The van der Waals surface area contributed by atoms with E-state index >= 15 is 0 Å². The molecule has 0 aliphatic rings. The maximum absolute atomic E-state index is 13.1. The number of halogens is 1. The van der Waals surface area contributed by atoms with Crippen molar-refractivity contribution in [3.8, 4) is 0 Å². The van der Waals surface area contributed by atoms with Gasteiger partial charge in [0.05, 0.1) is 11.2 Å². The third kappa shape index (κ3) is 1.61. The van der Waals surface area contributed by atoms with Crippen molar-refractivity contribution < 1.29 is 4.39 Å². The van der Waals surface area contributed by atoms with E-state index in [4.69, 9.17) is 0 Å². The number of benzene rings is 1. The van der Waals surface area contributed by atoms with E-state index in [-0.39, 0.29) is 11.9 Å². The van der Waals surface area contributed by atoms with Gasteiger partial charge in [0.2, 0.25) is 0 Å². The van der Waals surface area contributed by atoms with Gasteiger partial charge in [-0.2, -0.15) is 5.10 Å². The van der Waals surface area contributed by atoms with Gasteiger partial charge in [-0.1, -0.05) is 0 Å². The molecule has 0 spiro atoms. The average Bonchev–Trinajstić information content (AvgIpc) is 2.54. The molecule has 4 heteroatoms. The van der Waals surface area contributed by atoms with Gasteiger partial charge in [-0.15, -0.1) is 0 Å². The first-order valence-corrected chi connectivity index (χ1v) is 4.93. The van der Waals surface area contributed by atoms with Crippen LogP contribution in [-0.2, 0) is 7.05 Å². The van der Waals surface area contributed by atoms with Gasteiger partial charge in [0.25, 0.3) is 0 Å². The molecule has 15 heavy (non-hydrogen) atoms. The highest BCUT2D eigenvalue weighted by Gasteiger charge is 2.13. The number of aromatic nitrogens is 2. The summed E-state index contributed by atoms with van der Waals surface area (Å²) in [4.78, 5) is 0. The first-order chi connectivity index (χ1) is 7.13. The van der Waals surface area contributed by atoms with Crippen LogP contribution in [0.1, 0.15) is 18.7 Å². The molecule has 0 bridgehead atoms. The van der Waals surface area contributed by atoms with Crippen molar-refractivity contribution in [3.63, 3.8) is 0 Å². The molecule has 0 saturated carbocycles. The Morgan fingerprint density at radius 2 is 2.20 bits per heavy atom. The average molecular weight is 207 g/mol. The van der Waals surface area contributed by atoms with E-state index < -0.39 is 0 Å². The standard InChI is InChI=1S/C11H14FN3/c1-7(13-2)11-9-6-8(12)4-5-10(9)15(3)14-11/h4-7,13H,1-3H3. The number of hydrogen-bond acceptors (Lipinski definition) is 2. The Bertz CT molecular complexity index is 490. The smallest absolute Gasteiger partial charge is 0.124 e. The molecule has 2 rings (SSSR count). The number of aryl methyl sites for hydroxylation is 1. The number of hydrogen-bond donors (Lipinski definition) is 1. The van der Waals surface area contributed by atoms with E-state index in [1.807, 2.05) is 21.0 Å². The lowest BCUT2D eigenvalue weighted by atomic mass is 10.1. The highest BCUT2D eigenvalue weighted by atomic mass is 19.1. The lowest BCUT2D eigenvalue weighted by Gasteiger charge is -2.06. The Morgan fingerprint density at radius 1 is 1.47 bits per heavy atom. The minimum atomic E-state index is -0.222. The number of nitrogens with one attached hydrogen (secondary N) is 1. The van der Waals surface area contributed by atoms with Crippen molar-refractivity contribution in [2.24, 2.45) is 7.05 Å². The zero-order valence-electron chi connectivity index (χ0n) is 9.08. The second-order valence-corrected chi connectivity index (χ2v) is 3.68. The first-order valence-electron chi connectivity index (χ1n) is 4.93. The van der Waals surface area contributed by atoms with E-state index in [0.717, 1.165) is 16.6 Å². The van der Waals surface area contributed by atoms with Gasteiger partial charge in [-0.25, -0.2) is 4.39 Å². The molecule has 0 saturated heterocycles. The van der Waals surface area contributed by atoms with Gasteiger partial charge in [-0.05, 0) is 32.2 Å². The van der Waals surface area contributed by atoms with Crippen molar-refractivity contribution in [2.75, 3.05) is 7.05 Å². The summed E-state index contributed by atoms with van der Waals surface area (Å²) in [5.74, 6) is -0.222. The molecule has 1 unspecified atom stereocenters. The molecular formula is C11H14FN3. The zero-order chi connectivity index (χ0) is 11.0.